The fourth-order valence-electron chi connectivity index (χ4n) is 4.25. The van der Waals surface area contributed by atoms with Crippen molar-refractivity contribution in [1.82, 2.24) is 10.2 Å². The van der Waals surface area contributed by atoms with E-state index in [-0.39, 0.29) is 30.7 Å². The number of carbonyl (C=O) groups excluding carboxylic acids is 3. The summed E-state index contributed by atoms with van der Waals surface area (Å²) < 4.78 is 21.4. The number of carboxylic acids is 1. The summed E-state index contributed by atoms with van der Waals surface area (Å²) >= 11 is 0. The second-order valence-corrected chi connectivity index (χ2v) is 9.41. The number of nitrogens with one attached hydrogen (secondary N) is 2. The molecule has 1 unspecified atom stereocenters. The van der Waals surface area contributed by atoms with Crippen LogP contribution in [0.3, 0.4) is 0 Å². The van der Waals surface area contributed by atoms with Gasteiger partial charge >= 0.3 is 5.97 Å². The van der Waals surface area contributed by atoms with E-state index in [9.17, 15) is 19.2 Å². The van der Waals surface area contributed by atoms with Crippen molar-refractivity contribution >= 4 is 35.1 Å². The summed E-state index contributed by atoms with van der Waals surface area (Å²) in [6, 6.07) is 7.42. The number of amides is 3. The number of ether oxygens (including phenoxy) is 4. The van der Waals surface area contributed by atoms with Crippen LogP contribution in [0, 0.1) is 0 Å². The summed E-state index contributed by atoms with van der Waals surface area (Å²) in [5, 5.41) is 14.0. The van der Waals surface area contributed by atoms with Gasteiger partial charge in [0.05, 0.1) is 65.7 Å². The lowest BCUT2D eigenvalue weighted by Crippen LogP contribution is -2.49. The molecule has 0 aliphatic carbocycles. The average Bonchev–Trinajstić information content (AvgIpc) is 2.95. The molecule has 40 heavy (non-hydrogen) atoms. The maximum atomic E-state index is 12.5. The van der Waals surface area contributed by atoms with Crippen LogP contribution in [0.15, 0.2) is 24.3 Å². The number of rotatable bonds is 18. The molecular weight excluding hydrogens is 524 g/mol. The maximum Gasteiger partial charge on any atom is 0.305 e. The minimum Gasteiger partial charge on any atom is -0.481 e. The van der Waals surface area contributed by atoms with E-state index >= 15 is 0 Å². The van der Waals surface area contributed by atoms with E-state index in [1.165, 1.54) is 0 Å². The number of benzene rings is 1. The Bertz CT molecular complexity index is 952. The van der Waals surface area contributed by atoms with Crippen molar-refractivity contribution in [1.29, 1.82) is 0 Å². The monoisotopic (exact) mass is 564 g/mol. The highest BCUT2D eigenvalue weighted by Gasteiger charge is 2.26. The van der Waals surface area contributed by atoms with Crippen molar-refractivity contribution in [2.24, 2.45) is 0 Å². The molecule has 2 aliphatic rings. The molecule has 222 valence electrons. The highest BCUT2D eigenvalue weighted by molar-refractivity contribution is 6.01. The van der Waals surface area contributed by atoms with E-state index in [2.05, 4.69) is 15.5 Å². The van der Waals surface area contributed by atoms with Crippen LogP contribution in [-0.4, -0.2) is 119 Å². The molecule has 13 nitrogen and oxygen atoms in total. The van der Waals surface area contributed by atoms with Crippen LogP contribution in [0.5, 0.6) is 0 Å². The smallest absolute Gasteiger partial charge is 0.305 e. The molecule has 2 fully saturated rings. The van der Waals surface area contributed by atoms with Gasteiger partial charge in [0, 0.05) is 44.0 Å². The van der Waals surface area contributed by atoms with Crippen LogP contribution in [0.25, 0.3) is 0 Å². The Kier molecular flexibility index (Phi) is 13.6. The molecule has 2 heterocycles. The fraction of sp³-hybridized carbons (Fsp3) is 0.630. The molecule has 3 amide bonds. The van der Waals surface area contributed by atoms with Gasteiger partial charge in [-0.05, 0) is 30.7 Å². The second-order valence-electron chi connectivity index (χ2n) is 9.41. The van der Waals surface area contributed by atoms with E-state index in [1.807, 2.05) is 29.2 Å². The lowest BCUT2D eigenvalue weighted by atomic mass is 10.1. The number of aliphatic carboxylic acids is 1. The SMILES string of the molecule is O=C(O)CCOCCOCCOCCOCCC(=O)N1CCN(c2ccc(NC3CCC(=O)NC3=O)cc2)CC1. The first-order valence-electron chi connectivity index (χ1n) is 13.7. The molecular formula is C27H40N4O9. The minimum atomic E-state index is -0.886. The Hall–Kier alpha value is -3.26. The van der Waals surface area contributed by atoms with Crippen LogP contribution in [0.4, 0.5) is 11.4 Å². The quantitative estimate of drug-likeness (QED) is 0.168. The number of piperidine rings is 1. The third-order valence-electron chi connectivity index (χ3n) is 6.48. The van der Waals surface area contributed by atoms with Gasteiger partial charge in [-0.25, -0.2) is 0 Å². The van der Waals surface area contributed by atoms with Crippen molar-refractivity contribution < 1.29 is 43.2 Å². The van der Waals surface area contributed by atoms with Gasteiger partial charge in [0.25, 0.3) is 0 Å². The molecule has 0 bridgehead atoms. The maximum absolute atomic E-state index is 12.5. The van der Waals surface area contributed by atoms with E-state index in [0.29, 0.717) is 78.6 Å². The lowest BCUT2D eigenvalue weighted by molar-refractivity contribution is -0.138. The molecule has 1 aromatic rings. The predicted octanol–water partition coefficient (Wildman–Crippen LogP) is 0.484. The van der Waals surface area contributed by atoms with E-state index in [4.69, 9.17) is 24.1 Å². The molecule has 13 heteroatoms. The number of nitrogens with zero attached hydrogens (tertiary/aromatic N) is 2. The number of hydrogen-bond donors (Lipinski definition) is 3. The number of carboxylic acid groups (broad SMARTS) is 1. The molecule has 0 saturated carbocycles. The van der Waals surface area contributed by atoms with E-state index in [0.717, 1.165) is 24.5 Å². The van der Waals surface area contributed by atoms with Crippen molar-refractivity contribution in [3.8, 4) is 0 Å². The van der Waals surface area contributed by atoms with Gasteiger partial charge in [-0.3, -0.25) is 24.5 Å². The Balaban J connectivity index is 1.18. The van der Waals surface area contributed by atoms with Crippen molar-refractivity contribution in [3.63, 3.8) is 0 Å². The molecule has 2 saturated heterocycles. The number of carbonyl (C=O) groups is 4. The van der Waals surface area contributed by atoms with Crippen LogP contribution in [0.1, 0.15) is 25.7 Å². The number of anilines is 2. The van der Waals surface area contributed by atoms with Crippen molar-refractivity contribution in [3.05, 3.63) is 24.3 Å². The van der Waals surface area contributed by atoms with Crippen LogP contribution in [-0.2, 0) is 38.1 Å². The van der Waals surface area contributed by atoms with E-state index in [1.54, 1.807) is 0 Å². The predicted molar refractivity (Wildman–Crippen MR) is 145 cm³/mol. The topological polar surface area (TPSA) is 156 Å². The zero-order valence-corrected chi connectivity index (χ0v) is 22.8. The van der Waals surface area contributed by atoms with Crippen LogP contribution < -0.4 is 15.5 Å². The zero-order chi connectivity index (χ0) is 28.6. The number of hydrogen-bond acceptors (Lipinski definition) is 10. The molecule has 0 aromatic heterocycles. The summed E-state index contributed by atoms with van der Waals surface area (Å²) in [6.45, 7) is 5.63. The van der Waals surface area contributed by atoms with Gasteiger partial charge < -0.3 is 39.2 Å². The molecule has 3 N–H and O–H groups in total. The molecule has 1 atom stereocenters. The third kappa shape index (κ3) is 11.5. The Morgan fingerprint density at radius 3 is 1.93 bits per heavy atom. The van der Waals surface area contributed by atoms with Crippen LogP contribution >= 0.6 is 0 Å². The van der Waals surface area contributed by atoms with Gasteiger partial charge in [0.15, 0.2) is 0 Å². The molecule has 2 aliphatic heterocycles. The van der Waals surface area contributed by atoms with Gasteiger partial charge in [0.2, 0.25) is 17.7 Å². The van der Waals surface area contributed by atoms with Gasteiger partial charge in [0.1, 0.15) is 6.04 Å². The van der Waals surface area contributed by atoms with Gasteiger partial charge in [-0.15, -0.1) is 0 Å². The average molecular weight is 565 g/mol. The fourth-order valence-corrected chi connectivity index (χ4v) is 4.25. The van der Waals surface area contributed by atoms with Crippen LogP contribution in [0.2, 0.25) is 0 Å². The second kappa shape index (κ2) is 17.4. The standard InChI is InChI=1S/C27H40N4O9/c32-24-6-5-23(27(36)29-24)28-21-1-3-22(4-2-21)30-9-11-31(12-10-30)25(33)7-13-37-15-17-39-19-20-40-18-16-38-14-8-26(34)35/h1-4,23,28H,5-20H2,(H,34,35)(H,29,32,36). The Labute approximate surface area is 234 Å². The Morgan fingerprint density at radius 2 is 1.38 bits per heavy atom. The lowest BCUT2D eigenvalue weighted by Gasteiger charge is -2.36. The largest absolute Gasteiger partial charge is 0.481 e. The first kappa shape index (κ1) is 31.3. The van der Waals surface area contributed by atoms with Gasteiger partial charge in [-0.1, -0.05) is 0 Å². The van der Waals surface area contributed by atoms with Crippen molar-refractivity contribution in [2.75, 3.05) is 89.3 Å². The first-order valence-corrected chi connectivity index (χ1v) is 13.7. The highest BCUT2D eigenvalue weighted by atomic mass is 16.6. The van der Waals surface area contributed by atoms with Crippen molar-refractivity contribution in [2.45, 2.75) is 31.7 Å². The highest BCUT2D eigenvalue weighted by Crippen LogP contribution is 2.21. The summed E-state index contributed by atoms with van der Waals surface area (Å²) in [6.07, 6.45) is 1.12. The minimum absolute atomic E-state index is 0.0171. The summed E-state index contributed by atoms with van der Waals surface area (Å²) in [5.74, 6) is -1.34. The third-order valence-corrected chi connectivity index (χ3v) is 6.48. The molecule has 0 spiro atoms. The summed E-state index contributed by atoms with van der Waals surface area (Å²) in [5.41, 5.74) is 1.88. The summed E-state index contributed by atoms with van der Waals surface area (Å²) in [4.78, 5) is 50.2. The molecule has 3 rings (SSSR count). The normalized spacial score (nSPS) is 17.6. The molecule has 0 radical (unpaired) electrons. The van der Waals surface area contributed by atoms with Gasteiger partial charge in [-0.2, -0.15) is 0 Å². The number of imide groups is 1. The molecule has 1 aromatic carbocycles. The summed E-state index contributed by atoms with van der Waals surface area (Å²) in [7, 11) is 0. The Morgan fingerprint density at radius 1 is 0.825 bits per heavy atom. The number of piperazine rings is 1. The first-order chi connectivity index (χ1) is 19.4. The zero-order valence-electron chi connectivity index (χ0n) is 22.8. The van der Waals surface area contributed by atoms with E-state index < -0.39 is 12.0 Å².